The minimum atomic E-state index is 0.892. The van der Waals surface area contributed by atoms with Gasteiger partial charge in [-0.25, -0.2) is 0 Å². The van der Waals surface area contributed by atoms with E-state index < -0.39 is 0 Å². The van der Waals surface area contributed by atoms with Crippen LogP contribution in [0, 0.1) is 0 Å². The zero-order valence-corrected chi connectivity index (χ0v) is 27.4. The van der Waals surface area contributed by atoms with E-state index in [9.17, 15) is 0 Å². The van der Waals surface area contributed by atoms with Gasteiger partial charge in [-0.3, -0.25) is 4.98 Å². The molecule has 0 aliphatic rings. The van der Waals surface area contributed by atoms with Crippen molar-refractivity contribution in [2.24, 2.45) is 0 Å². The van der Waals surface area contributed by atoms with E-state index in [0.29, 0.717) is 0 Å². The van der Waals surface area contributed by atoms with Crippen LogP contribution in [-0.2, 0) is 0 Å². The monoisotopic (exact) mass is 652 g/mol. The largest absolute Gasteiger partial charge is 0.456 e. The van der Waals surface area contributed by atoms with E-state index in [0.717, 1.165) is 93.7 Å². The first-order chi connectivity index (χ1) is 25.2. The summed E-state index contributed by atoms with van der Waals surface area (Å²) in [4.78, 5) is 6.83. The highest BCUT2D eigenvalue weighted by Gasteiger charge is 2.17. The predicted octanol–water partition coefficient (Wildman–Crippen LogP) is 13.5. The topological polar surface area (TPSA) is 42.4 Å². The molecule has 0 atom stereocenters. The van der Waals surface area contributed by atoms with E-state index in [1.54, 1.807) is 0 Å². The van der Waals surface area contributed by atoms with Gasteiger partial charge in [-0.2, -0.15) is 0 Å². The summed E-state index contributed by atoms with van der Waals surface area (Å²) in [7, 11) is 0. The lowest BCUT2D eigenvalue weighted by atomic mass is 10.0. The Morgan fingerprint density at radius 3 is 1.55 bits per heavy atom. The fourth-order valence-corrected chi connectivity index (χ4v) is 7.70. The zero-order valence-electron chi connectivity index (χ0n) is 27.4. The molecule has 51 heavy (non-hydrogen) atoms. The Bertz CT molecular complexity index is 3000. The van der Waals surface area contributed by atoms with Crippen LogP contribution >= 0.6 is 0 Å². The van der Waals surface area contributed by atoms with Crippen molar-refractivity contribution in [3.63, 3.8) is 0 Å². The van der Waals surface area contributed by atoms with Gasteiger partial charge in [0.15, 0.2) is 0 Å². The standard InChI is InChI=1S/C47H28N2O2/c1-3-9-44-39(7-1)41-25-31-13-18-37(23-34(31)27-46(41)50-44)49(36-16-11-29(12-17-36)30-15-20-43-33(22-30)6-5-21-48-43)38-19-14-32-26-42-40-8-2-4-10-45(40)51-47(42)28-35(32)24-38/h1-28H. The molecule has 11 aromatic rings. The molecule has 0 bridgehead atoms. The Balaban J connectivity index is 1.07. The third-order valence-electron chi connectivity index (χ3n) is 10.2. The first-order valence-electron chi connectivity index (χ1n) is 17.2. The summed E-state index contributed by atoms with van der Waals surface area (Å²) in [6.45, 7) is 0. The number of para-hydroxylation sites is 2. The first-order valence-corrected chi connectivity index (χ1v) is 17.2. The van der Waals surface area contributed by atoms with E-state index in [-0.39, 0.29) is 0 Å². The average Bonchev–Trinajstić information content (AvgIpc) is 3.73. The Morgan fingerprint density at radius 1 is 0.353 bits per heavy atom. The number of hydrogen-bond donors (Lipinski definition) is 0. The van der Waals surface area contributed by atoms with Crippen LogP contribution in [0.2, 0.25) is 0 Å². The van der Waals surface area contributed by atoms with Crippen molar-refractivity contribution in [2.45, 2.75) is 0 Å². The van der Waals surface area contributed by atoms with Gasteiger partial charge in [-0.15, -0.1) is 0 Å². The van der Waals surface area contributed by atoms with Crippen molar-refractivity contribution in [2.75, 3.05) is 4.90 Å². The van der Waals surface area contributed by atoms with E-state index >= 15 is 0 Å². The predicted molar refractivity (Wildman–Crippen MR) is 211 cm³/mol. The van der Waals surface area contributed by atoms with Gasteiger partial charge in [-0.1, -0.05) is 72.8 Å². The van der Waals surface area contributed by atoms with Gasteiger partial charge in [-0.05, 0) is 124 Å². The molecule has 0 aliphatic heterocycles. The molecule has 0 saturated carbocycles. The summed E-state index contributed by atoms with van der Waals surface area (Å²) in [6.07, 6.45) is 1.84. The maximum atomic E-state index is 6.29. The van der Waals surface area contributed by atoms with Crippen molar-refractivity contribution in [3.05, 3.63) is 170 Å². The minimum absolute atomic E-state index is 0.892. The molecule has 3 heterocycles. The second kappa shape index (κ2) is 10.8. The van der Waals surface area contributed by atoms with Crippen molar-refractivity contribution in [3.8, 4) is 11.1 Å². The molecule has 4 heteroatoms. The summed E-state index contributed by atoms with van der Waals surface area (Å²) >= 11 is 0. The second-order valence-corrected chi connectivity index (χ2v) is 13.2. The number of anilines is 3. The number of nitrogens with zero attached hydrogens (tertiary/aromatic N) is 2. The molecule has 0 N–H and O–H groups in total. The zero-order chi connectivity index (χ0) is 33.5. The quantitative estimate of drug-likeness (QED) is 0.190. The second-order valence-electron chi connectivity index (χ2n) is 13.2. The van der Waals surface area contributed by atoms with Crippen LogP contribution in [0.25, 0.3) is 87.5 Å². The molecular weight excluding hydrogens is 625 g/mol. The molecule has 0 saturated heterocycles. The van der Waals surface area contributed by atoms with Crippen molar-refractivity contribution < 1.29 is 8.83 Å². The maximum Gasteiger partial charge on any atom is 0.136 e. The van der Waals surface area contributed by atoms with Crippen LogP contribution in [0.4, 0.5) is 17.1 Å². The first kappa shape index (κ1) is 28.0. The maximum absolute atomic E-state index is 6.29. The number of fused-ring (bicyclic) bond motifs is 9. The van der Waals surface area contributed by atoms with Gasteiger partial charge in [0.05, 0.1) is 5.52 Å². The molecule has 3 aromatic heterocycles. The van der Waals surface area contributed by atoms with Crippen LogP contribution in [0.5, 0.6) is 0 Å². The molecule has 0 aliphatic carbocycles. The third kappa shape index (κ3) is 4.50. The average molecular weight is 653 g/mol. The molecule has 0 amide bonds. The van der Waals surface area contributed by atoms with Gasteiger partial charge >= 0.3 is 0 Å². The van der Waals surface area contributed by atoms with Crippen LogP contribution in [-0.4, -0.2) is 4.98 Å². The Labute approximate surface area is 292 Å². The van der Waals surface area contributed by atoms with E-state index in [1.807, 2.05) is 36.5 Å². The molecule has 11 rings (SSSR count). The Kier molecular flexibility index (Phi) is 5.92. The van der Waals surface area contributed by atoms with Crippen molar-refractivity contribution >= 4 is 93.4 Å². The Morgan fingerprint density at radius 2 is 0.922 bits per heavy atom. The Hall–Kier alpha value is -6.91. The molecule has 0 unspecified atom stereocenters. The van der Waals surface area contributed by atoms with E-state index in [2.05, 4.69) is 143 Å². The SMILES string of the molecule is c1cnc2ccc(-c3ccc(N(c4ccc5cc6c(cc5c4)oc4ccccc46)c4ccc5cc6c(cc5c4)oc4ccccc46)cc3)cc2c1. The van der Waals surface area contributed by atoms with Crippen LogP contribution < -0.4 is 4.90 Å². The lowest BCUT2D eigenvalue weighted by molar-refractivity contribution is 0.669. The smallest absolute Gasteiger partial charge is 0.136 e. The molecular formula is C47H28N2O2. The summed E-state index contributed by atoms with van der Waals surface area (Å²) in [6, 6.07) is 58.1. The minimum Gasteiger partial charge on any atom is -0.456 e. The highest BCUT2D eigenvalue weighted by molar-refractivity contribution is 6.12. The lowest BCUT2D eigenvalue weighted by Crippen LogP contribution is -2.09. The molecule has 8 aromatic carbocycles. The molecule has 238 valence electrons. The highest BCUT2D eigenvalue weighted by atomic mass is 16.3. The summed E-state index contributed by atoms with van der Waals surface area (Å²) in [5.41, 5.74) is 10.1. The molecule has 0 radical (unpaired) electrons. The van der Waals surface area contributed by atoms with Gasteiger partial charge in [0, 0.05) is 50.2 Å². The van der Waals surface area contributed by atoms with Gasteiger partial charge in [0.25, 0.3) is 0 Å². The van der Waals surface area contributed by atoms with Gasteiger partial charge in [0.1, 0.15) is 22.3 Å². The van der Waals surface area contributed by atoms with Crippen LogP contribution in [0.1, 0.15) is 0 Å². The van der Waals surface area contributed by atoms with Crippen LogP contribution in [0.15, 0.2) is 179 Å². The van der Waals surface area contributed by atoms with E-state index in [4.69, 9.17) is 8.83 Å². The van der Waals surface area contributed by atoms with Gasteiger partial charge in [0.2, 0.25) is 0 Å². The van der Waals surface area contributed by atoms with E-state index in [1.165, 1.54) is 10.8 Å². The lowest BCUT2D eigenvalue weighted by Gasteiger charge is -2.26. The normalized spacial score (nSPS) is 11.9. The van der Waals surface area contributed by atoms with Crippen LogP contribution in [0.3, 0.4) is 0 Å². The number of rotatable bonds is 4. The highest BCUT2D eigenvalue weighted by Crippen LogP contribution is 2.41. The number of pyridine rings is 1. The third-order valence-corrected chi connectivity index (χ3v) is 10.2. The van der Waals surface area contributed by atoms with Gasteiger partial charge < -0.3 is 13.7 Å². The summed E-state index contributed by atoms with van der Waals surface area (Å²) in [5, 5.41) is 10.3. The number of hydrogen-bond acceptors (Lipinski definition) is 4. The van der Waals surface area contributed by atoms with Crippen molar-refractivity contribution in [1.29, 1.82) is 0 Å². The number of aromatic nitrogens is 1. The summed E-state index contributed by atoms with van der Waals surface area (Å²) in [5.74, 6) is 0. The molecule has 0 fully saturated rings. The molecule has 0 spiro atoms. The summed E-state index contributed by atoms with van der Waals surface area (Å²) < 4.78 is 12.6. The fourth-order valence-electron chi connectivity index (χ4n) is 7.70. The number of benzene rings is 8. The van der Waals surface area contributed by atoms with Crippen molar-refractivity contribution in [1.82, 2.24) is 4.98 Å². The fraction of sp³-hybridized carbons (Fsp3) is 0. The molecule has 4 nitrogen and oxygen atoms in total. The number of furan rings is 2.